The van der Waals surface area contributed by atoms with Crippen LogP contribution in [-0.4, -0.2) is 73.6 Å². The van der Waals surface area contributed by atoms with Crippen LogP contribution in [0.5, 0.6) is 0 Å². The molecule has 5 atom stereocenters. The molecule has 0 aliphatic carbocycles. The molecule has 12 heteroatoms. The average Bonchev–Trinajstić information content (AvgIpc) is 3.69. The largest absolute Gasteiger partial charge is 0.385 e. The number of hydrogen-bond acceptors (Lipinski definition) is 9. The van der Waals surface area contributed by atoms with Crippen LogP contribution in [0.4, 0.5) is 5.69 Å². The third kappa shape index (κ3) is 8.88. The number of anilines is 1. The van der Waals surface area contributed by atoms with E-state index in [9.17, 15) is 8.42 Å². The van der Waals surface area contributed by atoms with Crippen LogP contribution in [0, 0.1) is 6.92 Å². The van der Waals surface area contributed by atoms with E-state index in [1.165, 1.54) is 11.9 Å². The first-order valence-corrected chi connectivity index (χ1v) is 19.4. The number of sulfonamides is 1. The molecule has 3 aromatic carbocycles. The summed E-state index contributed by atoms with van der Waals surface area (Å²) in [5, 5.41) is 4.43. The number of hydrogen-bond donors (Lipinski definition) is 1. The zero-order valence-corrected chi connectivity index (χ0v) is 30.9. The van der Waals surface area contributed by atoms with E-state index in [-0.39, 0.29) is 35.4 Å². The van der Waals surface area contributed by atoms with Crippen LogP contribution in [0.25, 0.3) is 0 Å². The van der Waals surface area contributed by atoms with Crippen LogP contribution in [0.1, 0.15) is 84.7 Å². The van der Waals surface area contributed by atoms with Crippen molar-refractivity contribution in [1.29, 1.82) is 0 Å². The fourth-order valence-electron chi connectivity index (χ4n) is 7.46. The summed E-state index contributed by atoms with van der Waals surface area (Å²) in [5.74, 6) is 0.204. The maximum absolute atomic E-state index is 14.5. The second-order valence-electron chi connectivity index (χ2n) is 13.7. The Hall–Kier alpha value is -3.65. The Morgan fingerprint density at radius 3 is 2.49 bits per heavy atom. The van der Waals surface area contributed by atoms with Crippen LogP contribution in [0.3, 0.4) is 0 Å². The minimum Gasteiger partial charge on any atom is -0.385 e. The van der Waals surface area contributed by atoms with E-state index in [4.69, 9.17) is 19.0 Å². The molecule has 51 heavy (non-hydrogen) atoms. The first kappa shape index (κ1) is 37.1. The lowest BCUT2D eigenvalue weighted by molar-refractivity contribution is -0.0227. The van der Waals surface area contributed by atoms with Crippen molar-refractivity contribution >= 4 is 15.7 Å². The lowest BCUT2D eigenvalue weighted by Crippen LogP contribution is -2.52. The third-order valence-electron chi connectivity index (χ3n) is 10.3. The van der Waals surface area contributed by atoms with Gasteiger partial charge in [0.15, 0.2) is 0 Å². The van der Waals surface area contributed by atoms with Crippen LogP contribution in [0.15, 0.2) is 84.3 Å². The van der Waals surface area contributed by atoms with Crippen LogP contribution >= 0.6 is 0 Å². The lowest BCUT2D eigenvalue weighted by atomic mass is 9.82. The molecular weight excluding hydrogens is 667 g/mol. The Kier molecular flexibility index (Phi) is 12.6. The molecule has 0 saturated carbocycles. The van der Waals surface area contributed by atoms with Crippen molar-refractivity contribution in [3.63, 3.8) is 0 Å². The van der Waals surface area contributed by atoms with E-state index < -0.39 is 16.1 Å². The van der Waals surface area contributed by atoms with Gasteiger partial charge >= 0.3 is 0 Å². The van der Waals surface area contributed by atoms with Crippen molar-refractivity contribution < 1.29 is 27.5 Å². The number of nitrogens with zero attached hydrogens (tertiary/aromatic N) is 4. The van der Waals surface area contributed by atoms with Gasteiger partial charge in [-0.3, -0.25) is 10.3 Å². The quantitative estimate of drug-likeness (QED) is 0.125. The minimum atomic E-state index is -3.86. The summed E-state index contributed by atoms with van der Waals surface area (Å²) >= 11 is 0. The topological polar surface area (TPSA) is 117 Å². The molecule has 6 rings (SSSR count). The highest BCUT2D eigenvalue weighted by Gasteiger charge is 2.43. The molecule has 1 unspecified atom stereocenters. The molecule has 1 N–H and O–H groups in total. The van der Waals surface area contributed by atoms with Gasteiger partial charge in [0.25, 0.3) is 0 Å². The molecule has 4 aromatic rings. The summed E-state index contributed by atoms with van der Waals surface area (Å²) in [6.07, 6.45) is 6.74. The fourth-order valence-corrected chi connectivity index (χ4v) is 9.12. The maximum atomic E-state index is 14.5. The summed E-state index contributed by atoms with van der Waals surface area (Å²) in [4.78, 5) is 10.1. The van der Waals surface area contributed by atoms with Gasteiger partial charge in [0.05, 0.1) is 42.5 Å². The molecular formula is C39H51N5O6S. The smallest absolute Gasteiger partial charge is 0.243 e. The number of aryl methyl sites for hydroxylation is 1. The minimum absolute atomic E-state index is 0.0136. The molecule has 1 fully saturated rings. The van der Waals surface area contributed by atoms with E-state index in [1.54, 1.807) is 37.0 Å². The summed E-state index contributed by atoms with van der Waals surface area (Å²) in [6.45, 7) is 6.46. The van der Waals surface area contributed by atoms with Gasteiger partial charge in [0, 0.05) is 45.2 Å². The monoisotopic (exact) mass is 717 g/mol. The number of rotatable bonds is 16. The zero-order chi connectivity index (χ0) is 35.8. The molecule has 0 spiro atoms. The Balaban J connectivity index is 1.32. The number of methoxy groups -OCH3 is 2. The van der Waals surface area contributed by atoms with Crippen molar-refractivity contribution in [3.8, 4) is 0 Å². The average molecular weight is 718 g/mol. The van der Waals surface area contributed by atoms with Crippen molar-refractivity contribution in [3.05, 3.63) is 107 Å². The first-order chi connectivity index (χ1) is 24.8. The summed E-state index contributed by atoms with van der Waals surface area (Å²) in [6, 6.07) is 21.6. The molecule has 0 amide bonds. The number of fused-ring (bicyclic) bond motifs is 1. The summed E-state index contributed by atoms with van der Waals surface area (Å²) in [7, 11) is -0.440. The molecule has 274 valence electrons. The number of ether oxygens (including phenoxy) is 3. The predicted octanol–water partition coefficient (Wildman–Crippen LogP) is 6.77. The van der Waals surface area contributed by atoms with Gasteiger partial charge in [0.1, 0.15) is 12.7 Å². The Labute approximate surface area is 302 Å². The number of aromatic nitrogens is 3. The second-order valence-corrected chi connectivity index (χ2v) is 15.6. The Morgan fingerprint density at radius 1 is 1.00 bits per heavy atom. The number of piperidine rings is 1. The van der Waals surface area contributed by atoms with E-state index >= 15 is 0 Å². The third-order valence-corrected chi connectivity index (χ3v) is 12.2. The second kappa shape index (κ2) is 17.2. The summed E-state index contributed by atoms with van der Waals surface area (Å²) in [5.41, 5.74) is 9.49. The molecule has 1 aromatic heterocycles. The highest BCUT2D eigenvalue weighted by Crippen LogP contribution is 2.40. The SMILES string of the molecule is CC[C@H](C[C@H]1C[C@H](c2ccc(COC)cc2)[C@@H](OCc2ccc3c(c2)C(CCCOC)CON3)CN1S(=O)(=O)c1ccc(C)cc1)n1cncn1. The fraction of sp³-hybridized carbons (Fsp3) is 0.487. The van der Waals surface area contributed by atoms with Crippen molar-refractivity contribution in [2.75, 3.05) is 39.5 Å². The molecule has 11 nitrogen and oxygen atoms in total. The van der Waals surface area contributed by atoms with Gasteiger partial charge in [-0.05, 0) is 79.5 Å². The standard InChI is InChI=1S/C39H51N5O6S/c1-5-33(43-27-40-26-41-43)20-34-21-37(31-13-10-29(11-14-31)23-48-4)39(22-44(34)51(45,46)35-15-8-28(2)9-16-35)49-24-30-12-17-38-36(19-30)32(25-50-42-38)7-6-18-47-3/h8-17,19,26-27,32-34,37,39,42H,5-7,18,20-25H2,1-4H3/t32?,33-,34+,37-,39+/m1/s1. The number of nitrogens with one attached hydrogen (secondary N) is 1. The molecule has 2 aliphatic rings. The molecule has 0 bridgehead atoms. The van der Waals surface area contributed by atoms with E-state index in [0.29, 0.717) is 39.3 Å². The van der Waals surface area contributed by atoms with Gasteiger partial charge in [-0.25, -0.2) is 18.1 Å². The molecule has 1 saturated heterocycles. The Bertz CT molecular complexity index is 1790. The molecule has 3 heterocycles. The molecule has 2 aliphatic heterocycles. The zero-order valence-electron chi connectivity index (χ0n) is 30.1. The van der Waals surface area contributed by atoms with Crippen molar-refractivity contribution in [2.45, 2.75) is 94.1 Å². The Morgan fingerprint density at radius 2 is 1.78 bits per heavy atom. The van der Waals surface area contributed by atoms with E-state index in [2.05, 4.69) is 58.9 Å². The first-order valence-electron chi connectivity index (χ1n) is 17.9. The van der Waals surface area contributed by atoms with Crippen LogP contribution in [0.2, 0.25) is 0 Å². The summed E-state index contributed by atoms with van der Waals surface area (Å²) < 4.78 is 50.1. The van der Waals surface area contributed by atoms with Gasteiger partial charge in [-0.15, -0.1) is 0 Å². The highest BCUT2D eigenvalue weighted by atomic mass is 32.2. The van der Waals surface area contributed by atoms with Crippen LogP contribution < -0.4 is 5.48 Å². The predicted molar refractivity (Wildman–Crippen MR) is 196 cm³/mol. The normalized spacial score (nSPS) is 21.6. The van der Waals surface area contributed by atoms with E-state index in [1.807, 2.05) is 29.8 Å². The lowest BCUT2D eigenvalue weighted by Gasteiger charge is -2.44. The van der Waals surface area contributed by atoms with Gasteiger partial charge in [-0.2, -0.15) is 9.40 Å². The maximum Gasteiger partial charge on any atom is 0.243 e. The van der Waals surface area contributed by atoms with Gasteiger partial charge in [-0.1, -0.05) is 61.0 Å². The van der Waals surface area contributed by atoms with Crippen molar-refractivity contribution in [1.82, 2.24) is 19.1 Å². The highest BCUT2D eigenvalue weighted by molar-refractivity contribution is 7.89. The molecule has 0 radical (unpaired) electrons. The van der Waals surface area contributed by atoms with Gasteiger partial charge < -0.3 is 14.2 Å². The van der Waals surface area contributed by atoms with E-state index in [0.717, 1.165) is 47.2 Å². The van der Waals surface area contributed by atoms with Crippen molar-refractivity contribution in [2.24, 2.45) is 0 Å². The number of benzene rings is 3. The van der Waals surface area contributed by atoms with Crippen LogP contribution in [-0.2, 0) is 42.3 Å². The van der Waals surface area contributed by atoms with Gasteiger partial charge in [0.2, 0.25) is 10.0 Å².